The number of hydrogen-bond acceptors (Lipinski definition) is 3. The maximum absolute atomic E-state index is 12.4. The predicted molar refractivity (Wildman–Crippen MR) is 77.9 cm³/mol. The normalized spacial score (nSPS) is 26.6. The monoisotopic (exact) mass is 267 g/mol. The summed E-state index contributed by atoms with van der Waals surface area (Å²) in [5, 5.41) is 0. The molecule has 0 bridgehead atoms. The fraction of sp³-hybridized carbons (Fsp3) is 0.933. The topological polar surface area (TPSA) is 49.6 Å². The van der Waals surface area contributed by atoms with Crippen molar-refractivity contribution in [1.82, 2.24) is 9.80 Å². The van der Waals surface area contributed by atoms with Crippen LogP contribution in [0.3, 0.4) is 0 Å². The molecule has 4 nitrogen and oxygen atoms in total. The molecule has 0 aromatic carbocycles. The van der Waals surface area contributed by atoms with E-state index in [2.05, 4.69) is 16.7 Å². The summed E-state index contributed by atoms with van der Waals surface area (Å²) in [4.78, 5) is 17.0. The molecule has 0 saturated carbocycles. The maximum Gasteiger partial charge on any atom is 0.239 e. The van der Waals surface area contributed by atoms with Crippen LogP contribution in [-0.2, 0) is 4.79 Å². The quantitative estimate of drug-likeness (QED) is 0.823. The van der Waals surface area contributed by atoms with Crippen LogP contribution in [0.2, 0.25) is 0 Å². The van der Waals surface area contributed by atoms with Gasteiger partial charge in [-0.25, -0.2) is 0 Å². The van der Waals surface area contributed by atoms with Crippen molar-refractivity contribution in [2.24, 2.45) is 5.73 Å². The van der Waals surface area contributed by atoms with Crippen molar-refractivity contribution in [2.45, 2.75) is 64.0 Å². The molecule has 2 aliphatic heterocycles. The van der Waals surface area contributed by atoms with Gasteiger partial charge in [-0.2, -0.15) is 0 Å². The van der Waals surface area contributed by atoms with Crippen molar-refractivity contribution >= 4 is 5.91 Å². The van der Waals surface area contributed by atoms with E-state index in [1.54, 1.807) is 0 Å². The molecule has 2 heterocycles. The molecule has 0 aromatic rings. The molecule has 2 atom stereocenters. The fourth-order valence-electron chi connectivity index (χ4n) is 3.40. The van der Waals surface area contributed by atoms with Gasteiger partial charge < -0.3 is 15.5 Å². The van der Waals surface area contributed by atoms with Crippen LogP contribution in [0.25, 0.3) is 0 Å². The maximum atomic E-state index is 12.4. The number of hydrogen-bond donors (Lipinski definition) is 1. The van der Waals surface area contributed by atoms with E-state index in [1.165, 1.54) is 32.4 Å². The largest absolute Gasteiger partial charge is 0.337 e. The first kappa shape index (κ1) is 14.8. The number of amides is 1. The lowest BCUT2D eigenvalue weighted by atomic mass is 10.1. The van der Waals surface area contributed by atoms with Crippen LogP contribution in [0.4, 0.5) is 0 Å². The Balaban J connectivity index is 1.86. The smallest absolute Gasteiger partial charge is 0.239 e. The first-order valence-corrected chi connectivity index (χ1v) is 8.00. The molecule has 1 amide bonds. The van der Waals surface area contributed by atoms with E-state index >= 15 is 0 Å². The van der Waals surface area contributed by atoms with Crippen molar-refractivity contribution in [3.63, 3.8) is 0 Å². The van der Waals surface area contributed by atoms with Gasteiger partial charge >= 0.3 is 0 Å². The molecule has 19 heavy (non-hydrogen) atoms. The van der Waals surface area contributed by atoms with Gasteiger partial charge in [0, 0.05) is 19.1 Å². The summed E-state index contributed by atoms with van der Waals surface area (Å²) in [5.74, 6) is 0.182. The van der Waals surface area contributed by atoms with Gasteiger partial charge in [-0.3, -0.25) is 4.79 Å². The van der Waals surface area contributed by atoms with E-state index in [9.17, 15) is 4.79 Å². The molecule has 2 unspecified atom stereocenters. The van der Waals surface area contributed by atoms with E-state index in [4.69, 9.17) is 5.73 Å². The second-order valence-corrected chi connectivity index (χ2v) is 6.08. The molecule has 0 spiro atoms. The number of carbonyl (C=O) groups excluding carboxylic acids is 1. The summed E-state index contributed by atoms with van der Waals surface area (Å²) in [6, 6.07) is 0.125. The van der Waals surface area contributed by atoms with Gasteiger partial charge in [0.15, 0.2) is 0 Å². The Morgan fingerprint density at radius 3 is 2.63 bits per heavy atom. The third kappa shape index (κ3) is 3.93. The Morgan fingerprint density at radius 1 is 1.21 bits per heavy atom. The van der Waals surface area contributed by atoms with Crippen molar-refractivity contribution in [3.05, 3.63) is 0 Å². The highest BCUT2D eigenvalue weighted by atomic mass is 16.2. The zero-order valence-corrected chi connectivity index (χ0v) is 12.3. The highest BCUT2D eigenvalue weighted by Gasteiger charge is 2.32. The highest BCUT2D eigenvalue weighted by Crippen LogP contribution is 2.21. The lowest BCUT2D eigenvalue weighted by Gasteiger charge is -2.34. The first-order valence-electron chi connectivity index (χ1n) is 8.00. The zero-order chi connectivity index (χ0) is 13.7. The second kappa shape index (κ2) is 7.25. The molecule has 2 aliphatic rings. The lowest BCUT2D eigenvalue weighted by molar-refractivity contribution is -0.133. The Morgan fingerprint density at radius 2 is 1.95 bits per heavy atom. The van der Waals surface area contributed by atoms with Crippen molar-refractivity contribution in [3.8, 4) is 0 Å². The molecule has 0 aromatic heterocycles. The van der Waals surface area contributed by atoms with Crippen LogP contribution in [0.15, 0.2) is 0 Å². The lowest BCUT2D eigenvalue weighted by Crippen LogP contribution is -2.50. The molecular weight excluding hydrogens is 238 g/mol. The average Bonchev–Trinajstić information content (AvgIpc) is 2.87. The summed E-state index contributed by atoms with van der Waals surface area (Å²) in [6.07, 6.45) is 8.09. The number of piperidine rings is 1. The summed E-state index contributed by atoms with van der Waals surface area (Å²) in [6.45, 7) is 6.47. The standard InChI is InChI=1S/C15H29N3O/c1-2-7-14(16)15(19)18-11-6-8-13(18)12-17-9-4-3-5-10-17/h13-14H,2-12,16H2,1H3. The molecular formula is C15H29N3O. The van der Waals surface area contributed by atoms with Crippen molar-refractivity contribution in [1.29, 1.82) is 0 Å². The predicted octanol–water partition coefficient (Wildman–Crippen LogP) is 1.59. The number of nitrogens with zero attached hydrogens (tertiary/aromatic N) is 2. The Hall–Kier alpha value is -0.610. The van der Waals surface area contributed by atoms with Gasteiger partial charge in [0.05, 0.1) is 6.04 Å². The van der Waals surface area contributed by atoms with E-state index in [0.717, 1.165) is 38.8 Å². The third-order valence-electron chi connectivity index (χ3n) is 4.49. The van der Waals surface area contributed by atoms with Crippen molar-refractivity contribution < 1.29 is 4.79 Å². The summed E-state index contributed by atoms with van der Waals surface area (Å²) in [5.41, 5.74) is 6.00. The number of rotatable bonds is 5. The first-order chi connectivity index (χ1) is 9.22. The van der Waals surface area contributed by atoms with Gasteiger partial charge in [-0.1, -0.05) is 19.8 Å². The van der Waals surface area contributed by atoms with Crippen LogP contribution in [-0.4, -0.2) is 54.0 Å². The van der Waals surface area contributed by atoms with E-state index in [-0.39, 0.29) is 11.9 Å². The summed E-state index contributed by atoms with van der Waals surface area (Å²) in [7, 11) is 0. The van der Waals surface area contributed by atoms with Crippen LogP contribution in [0.1, 0.15) is 51.9 Å². The second-order valence-electron chi connectivity index (χ2n) is 6.08. The Labute approximate surface area is 117 Å². The van der Waals surface area contributed by atoms with E-state index in [1.807, 2.05) is 0 Å². The molecule has 0 radical (unpaired) electrons. The minimum Gasteiger partial charge on any atom is -0.337 e. The molecule has 0 aliphatic carbocycles. The van der Waals surface area contributed by atoms with Crippen LogP contribution in [0, 0.1) is 0 Å². The van der Waals surface area contributed by atoms with Crippen LogP contribution >= 0.6 is 0 Å². The minimum atomic E-state index is -0.285. The zero-order valence-electron chi connectivity index (χ0n) is 12.3. The number of likely N-dealkylation sites (tertiary alicyclic amines) is 2. The molecule has 110 valence electrons. The third-order valence-corrected chi connectivity index (χ3v) is 4.49. The van der Waals surface area contributed by atoms with Gasteiger partial charge in [-0.05, 0) is 45.2 Å². The number of carbonyl (C=O) groups is 1. The summed E-state index contributed by atoms with van der Waals surface area (Å²) < 4.78 is 0. The van der Waals surface area contributed by atoms with E-state index < -0.39 is 0 Å². The average molecular weight is 267 g/mol. The SMILES string of the molecule is CCCC(N)C(=O)N1CCCC1CN1CCCCC1. The molecule has 2 rings (SSSR count). The Bertz CT molecular complexity index is 289. The van der Waals surface area contributed by atoms with Crippen molar-refractivity contribution in [2.75, 3.05) is 26.2 Å². The summed E-state index contributed by atoms with van der Waals surface area (Å²) >= 11 is 0. The fourth-order valence-corrected chi connectivity index (χ4v) is 3.40. The molecule has 2 saturated heterocycles. The van der Waals surface area contributed by atoms with Gasteiger partial charge in [0.1, 0.15) is 0 Å². The van der Waals surface area contributed by atoms with Crippen LogP contribution < -0.4 is 5.73 Å². The van der Waals surface area contributed by atoms with Gasteiger partial charge in [0.25, 0.3) is 0 Å². The van der Waals surface area contributed by atoms with E-state index in [0.29, 0.717) is 6.04 Å². The van der Waals surface area contributed by atoms with Gasteiger partial charge in [0.2, 0.25) is 5.91 Å². The van der Waals surface area contributed by atoms with Crippen LogP contribution in [0.5, 0.6) is 0 Å². The Kier molecular flexibility index (Phi) is 5.64. The number of nitrogens with two attached hydrogens (primary N) is 1. The van der Waals surface area contributed by atoms with Gasteiger partial charge in [-0.15, -0.1) is 0 Å². The minimum absolute atomic E-state index is 0.182. The highest BCUT2D eigenvalue weighted by molar-refractivity contribution is 5.82. The molecule has 2 fully saturated rings. The molecule has 2 N–H and O–H groups in total. The molecule has 4 heteroatoms.